The highest BCUT2D eigenvalue weighted by atomic mass is 32.2. The molecule has 0 radical (unpaired) electrons. The van der Waals surface area contributed by atoms with Crippen LogP contribution in [-0.2, 0) is 0 Å². The van der Waals surface area contributed by atoms with Crippen molar-refractivity contribution in [2.75, 3.05) is 72.2 Å². The molecule has 2 aliphatic rings. The smallest absolute Gasteiger partial charge is 0.193 e. The van der Waals surface area contributed by atoms with Crippen LogP contribution in [0.25, 0.3) is 0 Å². The number of rotatable bonds is 4. The fourth-order valence-corrected chi connectivity index (χ4v) is 4.44. The highest BCUT2D eigenvalue weighted by molar-refractivity contribution is 8.00. The van der Waals surface area contributed by atoms with E-state index in [1.165, 1.54) is 38.5 Å². The first-order valence-corrected chi connectivity index (χ1v) is 9.88. The summed E-state index contributed by atoms with van der Waals surface area (Å²) in [5.74, 6) is 2.90. The standard InChI is InChI=1S/C17H35N5S/c1-15(13-21-8-6-20(5)7-9-21)12-19-16(18-4)22-10-11-23-17(2,3)14-22/h15H,6-14H2,1-5H3,(H,18,19). The SMILES string of the molecule is CN=C(NCC(C)CN1CCN(C)CC1)N1CCSC(C)(C)C1. The summed E-state index contributed by atoms with van der Waals surface area (Å²) in [6.45, 7) is 16.1. The number of guanidine groups is 1. The number of nitrogens with zero attached hydrogens (tertiary/aromatic N) is 4. The van der Waals surface area contributed by atoms with E-state index in [4.69, 9.17) is 0 Å². The number of nitrogens with one attached hydrogen (secondary N) is 1. The minimum Gasteiger partial charge on any atom is -0.356 e. The Hall–Kier alpha value is -0.460. The second kappa shape index (κ2) is 8.58. The van der Waals surface area contributed by atoms with Crippen LogP contribution in [0.5, 0.6) is 0 Å². The highest BCUT2D eigenvalue weighted by Gasteiger charge is 2.28. The molecule has 0 aromatic rings. The third-order valence-electron chi connectivity index (χ3n) is 4.71. The van der Waals surface area contributed by atoms with Crippen LogP contribution in [0.4, 0.5) is 0 Å². The Balaban J connectivity index is 1.74. The molecule has 6 heteroatoms. The fourth-order valence-electron chi connectivity index (χ4n) is 3.33. The molecule has 23 heavy (non-hydrogen) atoms. The maximum atomic E-state index is 4.51. The molecule has 0 aromatic heterocycles. The minimum atomic E-state index is 0.321. The van der Waals surface area contributed by atoms with E-state index < -0.39 is 0 Å². The van der Waals surface area contributed by atoms with Gasteiger partial charge in [-0.1, -0.05) is 6.92 Å². The van der Waals surface area contributed by atoms with Crippen molar-refractivity contribution < 1.29 is 0 Å². The Morgan fingerprint density at radius 3 is 2.52 bits per heavy atom. The van der Waals surface area contributed by atoms with Crippen molar-refractivity contribution >= 4 is 17.7 Å². The molecule has 0 amide bonds. The number of aliphatic imine (C=N–C) groups is 1. The molecule has 2 heterocycles. The van der Waals surface area contributed by atoms with Crippen LogP contribution in [0.1, 0.15) is 20.8 Å². The molecule has 0 aromatic carbocycles. The summed E-state index contributed by atoms with van der Waals surface area (Å²) in [6, 6.07) is 0. The van der Waals surface area contributed by atoms with Crippen LogP contribution in [0.15, 0.2) is 4.99 Å². The molecule has 1 unspecified atom stereocenters. The fraction of sp³-hybridized carbons (Fsp3) is 0.941. The van der Waals surface area contributed by atoms with E-state index >= 15 is 0 Å². The van der Waals surface area contributed by atoms with E-state index in [1.807, 2.05) is 7.05 Å². The predicted octanol–water partition coefficient (Wildman–Crippen LogP) is 1.27. The van der Waals surface area contributed by atoms with Gasteiger partial charge in [0.25, 0.3) is 0 Å². The van der Waals surface area contributed by atoms with Crippen molar-refractivity contribution in [3.05, 3.63) is 0 Å². The van der Waals surface area contributed by atoms with E-state index in [0.717, 1.165) is 25.6 Å². The summed E-state index contributed by atoms with van der Waals surface area (Å²) in [4.78, 5) is 11.9. The largest absolute Gasteiger partial charge is 0.356 e. The van der Waals surface area contributed by atoms with Gasteiger partial charge >= 0.3 is 0 Å². The van der Waals surface area contributed by atoms with Crippen molar-refractivity contribution in [2.24, 2.45) is 10.9 Å². The summed E-state index contributed by atoms with van der Waals surface area (Å²) in [5.41, 5.74) is 0. The van der Waals surface area contributed by atoms with Crippen molar-refractivity contribution in [3.8, 4) is 0 Å². The summed E-state index contributed by atoms with van der Waals surface area (Å²) in [6.07, 6.45) is 0. The number of hydrogen-bond donors (Lipinski definition) is 1. The summed E-state index contributed by atoms with van der Waals surface area (Å²) in [7, 11) is 4.12. The van der Waals surface area contributed by atoms with Gasteiger partial charge < -0.3 is 20.0 Å². The lowest BCUT2D eigenvalue weighted by molar-refractivity contribution is 0.139. The van der Waals surface area contributed by atoms with Crippen molar-refractivity contribution in [1.29, 1.82) is 0 Å². The quantitative estimate of drug-likeness (QED) is 0.615. The summed E-state index contributed by atoms with van der Waals surface area (Å²) >= 11 is 2.06. The Morgan fingerprint density at radius 1 is 1.22 bits per heavy atom. The molecule has 5 nitrogen and oxygen atoms in total. The molecule has 134 valence electrons. The minimum absolute atomic E-state index is 0.321. The average Bonchev–Trinajstić information content (AvgIpc) is 2.49. The van der Waals surface area contributed by atoms with E-state index in [2.05, 4.69) is 64.6 Å². The normalized spacial score (nSPS) is 25.4. The van der Waals surface area contributed by atoms with Gasteiger partial charge in [0, 0.05) is 69.9 Å². The van der Waals surface area contributed by atoms with E-state index in [0.29, 0.717) is 10.7 Å². The lowest BCUT2D eigenvalue weighted by atomic mass is 10.1. The van der Waals surface area contributed by atoms with Gasteiger partial charge in [-0.2, -0.15) is 11.8 Å². The first-order chi connectivity index (χ1) is 10.9. The van der Waals surface area contributed by atoms with Gasteiger partial charge in [-0.15, -0.1) is 0 Å². The molecule has 1 atom stereocenters. The number of piperazine rings is 1. The number of likely N-dealkylation sites (N-methyl/N-ethyl adjacent to an activating group) is 1. The zero-order valence-electron chi connectivity index (χ0n) is 15.6. The van der Waals surface area contributed by atoms with Crippen LogP contribution in [0.3, 0.4) is 0 Å². The Kier molecular flexibility index (Phi) is 7.04. The molecular weight excluding hydrogens is 306 g/mol. The van der Waals surface area contributed by atoms with Crippen molar-refractivity contribution in [3.63, 3.8) is 0 Å². The summed E-state index contributed by atoms with van der Waals surface area (Å²) in [5, 5.41) is 3.60. The van der Waals surface area contributed by atoms with E-state index in [1.54, 1.807) is 0 Å². The molecule has 2 saturated heterocycles. The van der Waals surface area contributed by atoms with Gasteiger partial charge in [-0.3, -0.25) is 4.99 Å². The number of hydrogen-bond acceptors (Lipinski definition) is 4. The van der Waals surface area contributed by atoms with Crippen molar-refractivity contribution in [1.82, 2.24) is 20.0 Å². The lowest BCUT2D eigenvalue weighted by Crippen LogP contribution is -2.52. The molecule has 2 aliphatic heterocycles. The molecule has 2 fully saturated rings. The predicted molar refractivity (Wildman–Crippen MR) is 103 cm³/mol. The molecule has 0 aliphatic carbocycles. The van der Waals surface area contributed by atoms with Gasteiger partial charge in [0.1, 0.15) is 0 Å². The molecule has 1 N–H and O–H groups in total. The van der Waals surface area contributed by atoms with Gasteiger partial charge in [0.15, 0.2) is 5.96 Å². The Morgan fingerprint density at radius 2 is 1.91 bits per heavy atom. The third-order valence-corrected chi connectivity index (χ3v) is 6.01. The lowest BCUT2D eigenvalue weighted by Gasteiger charge is -2.39. The third kappa shape index (κ3) is 6.16. The molecule has 0 spiro atoms. The zero-order chi connectivity index (χ0) is 16.9. The monoisotopic (exact) mass is 341 g/mol. The Bertz CT molecular complexity index is 390. The maximum absolute atomic E-state index is 4.51. The zero-order valence-corrected chi connectivity index (χ0v) is 16.5. The number of thioether (sulfide) groups is 1. The van der Waals surface area contributed by atoms with Crippen LogP contribution in [0, 0.1) is 5.92 Å². The van der Waals surface area contributed by atoms with Crippen LogP contribution < -0.4 is 5.32 Å². The highest BCUT2D eigenvalue weighted by Crippen LogP contribution is 2.29. The molecule has 2 rings (SSSR count). The topological polar surface area (TPSA) is 34.1 Å². The van der Waals surface area contributed by atoms with E-state index in [-0.39, 0.29) is 0 Å². The summed E-state index contributed by atoms with van der Waals surface area (Å²) < 4.78 is 0.321. The van der Waals surface area contributed by atoms with Crippen molar-refractivity contribution in [2.45, 2.75) is 25.5 Å². The maximum Gasteiger partial charge on any atom is 0.193 e. The first-order valence-electron chi connectivity index (χ1n) is 8.90. The second-order valence-corrected chi connectivity index (χ2v) is 9.47. The van der Waals surface area contributed by atoms with Crippen LogP contribution in [-0.4, -0.2) is 97.6 Å². The van der Waals surface area contributed by atoms with E-state index in [9.17, 15) is 0 Å². The van der Waals surface area contributed by atoms with Gasteiger partial charge in [-0.25, -0.2) is 0 Å². The second-order valence-electron chi connectivity index (χ2n) is 7.67. The van der Waals surface area contributed by atoms with Gasteiger partial charge in [-0.05, 0) is 26.8 Å². The van der Waals surface area contributed by atoms with Crippen LogP contribution in [0.2, 0.25) is 0 Å². The molecule has 0 bridgehead atoms. The molecule has 0 saturated carbocycles. The van der Waals surface area contributed by atoms with Crippen LogP contribution >= 0.6 is 11.8 Å². The Labute approximate surface area is 146 Å². The van der Waals surface area contributed by atoms with Gasteiger partial charge in [0.2, 0.25) is 0 Å². The average molecular weight is 342 g/mol. The van der Waals surface area contributed by atoms with Gasteiger partial charge in [0.05, 0.1) is 0 Å². The first kappa shape index (κ1) is 18.9. The molecular formula is C17H35N5S.